The van der Waals surface area contributed by atoms with Crippen molar-refractivity contribution in [3.05, 3.63) is 66.0 Å². The fourth-order valence-electron chi connectivity index (χ4n) is 4.13. The Hall–Kier alpha value is -3.26. The quantitative estimate of drug-likeness (QED) is 0.611. The lowest BCUT2D eigenvalue weighted by Crippen LogP contribution is -2.47. The standard InChI is InChI=1S/C23H25N5O3/c1-3-19-25-23(28(26-19)17-5-4-12-24-13-17)22-21(15-6-10-18(30-2)11-7-15)27(16-8-9-16)20(29)14-31-22/h4-7,10-13,16,21-22H,3,8-9,14H2,1-2H3/t21-,22+/m1/s1. The smallest absolute Gasteiger partial charge is 0.249 e. The van der Waals surface area contributed by atoms with Gasteiger partial charge in [-0.15, -0.1) is 0 Å². The summed E-state index contributed by atoms with van der Waals surface area (Å²) in [5, 5.41) is 4.70. The molecule has 5 rings (SSSR count). The molecule has 1 aliphatic heterocycles. The molecule has 3 heterocycles. The van der Waals surface area contributed by atoms with Crippen LogP contribution in [0.5, 0.6) is 5.75 Å². The van der Waals surface area contributed by atoms with Crippen LogP contribution in [-0.2, 0) is 16.0 Å². The molecule has 1 amide bonds. The molecule has 160 valence electrons. The summed E-state index contributed by atoms with van der Waals surface area (Å²) >= 11 is 0. The number of hydrogen-bond donors (Lipinski definition) is 0. The third-order valence-electron chi connectivity index (χ3n) is 5.80. The van der Waals surface area contributed by atoms with Crippen LogP contribution < -0.4 is 4.74 Å². The van der Waals surface area contributed by atoms with E-state index in [-0.39, 0.29) is 24.6 Å². The molecule has 0 spiro atoms. The minimum absolute atomic E-state index is 0.0164. The zero-order valence-electron chi connectivity index (χ0n) is 17.6. The third-order valence-corrected chi connectivity index (χ3v) is 5.80. The third kappa shape index (κ3) is 3.67. The first-order valence-corrected chi connectivity index (χ1v) is 10.6. The molecule has 0 unspecified atom stereocenters. The molecule has 0 bridgehead atoms. The Labute approximate surface area is 180 Å². The molecular weight excluding hydrogens is 394 g/mol. The Morgan fingerprint density at radius 2 is 2.00 bits per heavy atom. The summed E-state index contributed by atoms with van der Waals surface area (Å²) in [7, 11) is 1.64. The van der Waals surface area contributed by atoms with Gasteiger partial charge in [-0.05, 0) is 42.7 Å². The van der Waals surface area contributed by atoms with Crippen LogP contribution in [0, 0.1) is 0 Å². The summed E-state index contributed by atoms with van der Waals surface area (Å²) < 4.78 is 13.3. The number of aryl methyl sites for hydroxylation is 1. The number of pyridine rings is 1. The van der Waals surface area contributed by atoms with E-state index in [2.05, 4.69) is 4.98 Å². The van der Waals surface area contributed by atoms with Crippen molar-refractivity contribution in [1.29, 1.82) is 0 Å². The van der Waals surface area contributed by atoms with Crippen LogP contribution >= 0.6 is 0 Å². The minimum atomic E-state index is -0.445. The zero-order chi connectivity index (χ0) is 21.4. The summed E-state index contributed by atoms with van der Waals surface area (Å²) in [5.41, 5.74) is 1.81. The normalized spacial score (nSPS) is 21.4. The van der Waals surface area contributed by atoms with Crippen molar-refractivity contribution in [3.8, 4) is 11.4 Å². The molecule has 1 aliphatic carbocycles. The molecule has 2 aliphatic rings. The summed E-state index contributed by atoms with van der Waals surface area (Å²) in [6.45, 7) is 2.06. The first-order valence-electron chi connectivity index (χ1n) is 10.6. The Kier molecular flexibility index (Phi) is 5.15. The van der Waals surface area contributed by atoms with E-state index in [1.807, 2.05) is 48.2 Å². The van der Waals surface area contributed by atoms with Crippen molar-refractivity contribution in [2.75, 3.05) is 13.7 Å². The van der Waals surface area contributed by atoms with Gasteiger partial charge in [0.05, 0.1) is 25.0 Å². The van der Waals surface area contributed by atoms with E-state index in [9.17, 15) is 4.79 Å². The number of carbonyl (C=O) groups is 1. The molecule has 0 radical (unpaired) electrons. The lowest BCUT2D eigenvalue weighted by atomic mass is 9.96. The predicted molar refractivity (Wildman–Crippen MR) is 113 cm³/mol. The van der Waals surface area contributed by atoms with Gasteiger partial charge in [-0.1, -0.05) is 19.1 Å². The van der Waals surface area contributed by atoms with Gasteiger partial charge in [0.1, 0.15) is 18.5 Å². The molecule has 3 aromatic rings. The summed E-state index contributed by atoms with van der Waals surface area (Å²) in [6.07, 6.45) is 5.77. The topological polar surface area (TPSA) is 82.4 Å². The van der Waals surface area contributed by atoms with Crippen molar-refractivity contribution in [2.24, 2.45) is 0 Å². The number of morpholine rings is 1. The average molecular weight is 419 g/mol. The summed E-state index contributed by atoms with van der Waals surface area (Å²) in [6, 6.07) is 11.6. The van der Waals surface area contributed by atoms with Crippen LogP contribution in [-0.4, -0.2) is 50.3 Å². The lowest BCUT2D eigenvalue weighted by Gasteiger charge is -2.41. The fraction of sp³-hybridized carbons (Fsp3) is 0.391. The van der Waals surface area contributed by atoms with Gasteiger partial charge in [0.15, 0.2) is 11.6 Å². The van der Waals surface area contributed by atoms with E-state index in [1.165, 1.54) is 0 Å². The van der Waals surface area contributed by atoms with E-state index in [0.717, 1.165) is 35.7 Å². The number of benzene rings is 1. The van der Waals surface area contributed by atoms with Crippen molar-refractivity contribution in [3.63, 3.8) is 0 Å². The molecule has 1 saturated heterocycles. The number of hydrogen-bond acceptors (Lipinski definition) is 6. The maximum atomic E-state index is 12.9. The number of ether oxygens (including phenoxy) is 2. The van der Waals surface area contributed by atoms with Crippen LogP contribution in [0.25, 0.3) is 5.69 Å². The maximum absolute atomic E-state index is 12.9. The van der Waals surface area contributed by atoms with Crippen LogP contribution in [0.4, 0.5) is 0 Å². The van der Waals surface area contributed by atoms with E-state index in [0.29, 0.717) is 12.2 Å². The van der Waals surface area contributed by atoms with E-state index in [4.69, 9.17) is 19.6 Å². The Morgan fingerprint density at radius 1 is 1.19 bits per heavy atom. The summed E-state index contributed by atoms with van der Waals surface area (Å²) in [4.78, 5) is 23.9. The maximum Gasteiger partial charge on any atom is 0.249 e. The molecular formula is C23H25N5O3. The number of aromatic nitrogens is 4. The minimum Gasteiger partial charge on any atom is -0.497 e. The largest absolute Gasteiger partial charge is 0.497 e. The van der Waals surface area contributed by atoms with E-state index in [1.54, 1.807) is 24.2 Å². The summed E-state index contributed by atoms with van der Waals surface area (Å²) in [5.74, 6) is 2.20. The SMILES string of the molecule is CCc1nc([C@H]2OCC(=O)N(C3CC3)[C@@H]2c2ccc(OC)cc2)n(-c2cccnc2)n1. The van der Waals surface area contributed by atoms with Gasteiger partial charge in [0.25, 0.3) is 0 Å². The van der Waals surface area contributed by atoms with Gasteiger partial charge in [0, 0.05) is 18.7 Å². The molecule has 2 fully saturated rings. The molecule has 0 N–H and O–H groups in total. The highest BCUT2D eigenvalue weighted by Gasteiger charge is 2.47. The van der Waals surface area contributed by atoms with Gasteiger partial charge in [-0.2, -0.15) is 5.10 Å². The molecule has 2 aromatic heterocycles. The Bertz CT molecular complexity index is 1060. The van der Waals surface area contributed by atoms with Crippen molar-refractivity contribution in [2.45, 2.75) is 44.4 Å². The number of amides is 1. The van der Waals surface area contributed by atoms with Gasteiger partial charge >= 0.3 is 0 Å². The number of rotatable bonds is 6. The van der Waals surface area contributed by atoms with Crippen LogP contribution in [0.3, 0.4) is 0 Å². The first-order chi connectivity index (χ1) is 15.2. The van der Waals surface area contributed by atoms with E-state index >= 15 is 0 Å². The van der Waals surface area contributed by atoms with Crippen LogP contribution in [0.1, 0.15) is 49.1 Å². The van der Waals surface area contributed by atoms with E-state index < -0.39 is 6.10 Å². The second-order valence-electron chi connectivity index (χ2n) is 7.84. The van der Waals surface area contributed by atoms with Crippen molar-refractivity contribution >= 4 is 5.91 Å². The highest BCUT2D eigenvalue weighted by molar-refractivity contribution is 5.79. The first kappa shape index (κ1) is 19.7. The van der Waals surface area contributed by atoms with Gasteiger partial charge in [0.2, 0.25) is 5.91 Å². The molecule has 8 heteroatoms. The second-order valence-corrected chi connectivity index (χ2v) is 7.84. The second kappa shape index (κ2) is 8.11. The number of carbonyl (C=O) groups excluding carboxylic acids is 1. The number of nitrogens with zero attached hydrogens (tertiary/aromatic N) is 5. The van der Waals surface area contributed by atoms with Gasteiger partial charge in [-0.25, -0.2) is 9.67 Å². The molecule has 1 saturated carbocycles. The van der Waals surface area contributed by atoms with Crippen molar-refractivity contribution in [1.82, 2.24) is 24.6 Å². The Balaban J connectivity index is 1.62. The average Bonchev–Trinajstić information content (AvgIpc) is 3.57. The lowest BCUT2D eigenvalue weighted by molar-refractivity contribution is -0.160. The molecule has 8 nitrogen and oxygen atoms in total. The predicted octanol–water partition coefficient (Wildman–Crippen LogP) is 3.04. The van der Waals surface area contributed by atoms with Crippen LogP contribution in [0.15, 0.2) is 48.8 Å². The Morgan fingerprint density at radius 3 is 2.65 bits per heavy atom. The highest BCUT2D eigenvalue weighted by Crippen LogP contribution is 2.45. The monoisotopic (exact) mass is 419 g/mol. The fourth-order valence-corrected chi connectivity index (χ4v) is 4.13. The molecule has 31 heavy (non-hydrogen) atoms. The molecule has 1 aromatic carbocycles. The number of methoxy groups -OCH3 is 1. The van der Waals surface area contributed by atoms with Crippen LogP contribution in [0.2, 0.25) is 0 Å². The van der Waals surface area contributed by atoms with Crippen molar-refractivity contribution < 1.29 is 14.3 Å². The molecule has 2 atom stereocenters. The zero-order valence-corrected chi connectivity index (χ0v) is 17.6. The van der Waals surface area contributed by atoms with Gasteiger partial charge < -0.3 is 14.4 Å². The highest BCUT2D eigenvalue weighted by atomic mass is 16.5. The van der Waals surface area contributed by atoms with Gasteiger partial charge in [-0.3, -0.25) is 9.78 Å².